The number of aryl methyl sites for hydroxylation is 1. The van der Waals surface area contributed by atoms with Crippen LogP contribution in [-0.2, 0) is 17.1 Å². The lowest BCUT2D eigenvalue weighted by Gasteiger charge is -2.09. The molecular formula is C10H7Br2N5O2S. The van der Waals surface area contributed by atoms with Gasteiger partial charge in [-0.05, 0) is 34.1 Å². The van der Waals surface area contributed by atoms with Gasteiger partial charge in [-0.15, -0.1) is 5.10 Å². The second-order valence-electron chi connectivity index (χ2n) is 3.72. The Morgan fingerprint density at radius 3 is 2.65 bits per heavy atom. The number of halogens is 2. The number of nitriles is 1. The Kier molecular flexibility index (Phi) is 4.12. The van der Waals surface area contributed by atoms with Crippen LogP contribution < -0.4 is 4.72 Å². The van der Waals surface area contributed by atoms with Gasteiger partial charge in [-0.3, -0.25) is 4.72 Å². The molecule has 1 heterocycles. The maximum absolute atomic E-state index is 12.3. The van der Waals surface area contributed by atoms with E-state index >= 15 is 0 Å². The average molecular weight is 421 g/mol. The zero-order chi connectivity index (χ0) is 14.9. The van der Waals surface area contributed by atoms with Crippen molar-refractivity contribution in [1.29, 1.82) is 5.26 Å². The highest BCUT2D eigenvalue weighted by Crippen LogP contribution is 2.25. The zero-order valence-electron chi connectivity index (χ0n) is 10.0. The summed E-state index contributed by atoms with van der Waals surface area (Å²) in [6.45, 7) is 0. The predicted molar refractivity (Wildman–Crippen MR) is 78.4 cm³/mol. The van der Waals surface area contributed by atoms with Gasteiger partial charge in [0.25, 0.3) is 10.0 Å². The normalized spacial score (nSPS) is 11.1. The number of rotatable bonds is 3. The molecule has 0 aliphatic heterocycles. The highest BCUT2D eigenvalue weighted by Gasteiger charge is 2.24. The van der Waals surface area contributed by atoms with Gasteiger partial charge in [0.15, 0.2) is 4.60 Å². The van der Waals surface area contributed by atoms with Crippen molar-refractivity contribution in [2.75, 3.05) is 4.72 Å². The van der Waals surface area contributed by atoms with Crippen LogP contribution in [0.15, 0.2) is 32.3 Å². The van der Waals surface area contributed by atoms with E-state index in [1.54, 1.807) is 6.07 Å². The van der Waals surface area contributed by atoms with Gasteiger partial charge in [0.2, 0.25) is 5.03 Å². The fourth-order valence-corrected chi connectivity index (χ4v) is 4.03. The first kappa shape index (κ1) is 15.0. The molecule has 1 aromatic heterocycles. The lowest BCUT2D eigenvalue weighted by molar-refractivity contribution is 0.578. The van der Waals surface area contributed by atoms with Crippen molar-refractivity contribution < 1.29 is 8.42 Å². The summed E-state index contributed by atoms with van der Waals surface area (Å²) < 4.78 is 28.9. The molecule has 1 aromatic carbocycles. The smallest absolute Gasteiger partial charge is 0.277 e. The van der Waals surface area contributed by atoms with E-state index in [0.717, 1.165) is 4.68 Å². The van der Waals surface area contributed by atoms with Crippen LogP contribution in [0.25, 0.3) is 0 Å². The number of sulfonamides is 1. The molecule has 0 fully saturated rings. The molecule has 0 atom stereocenters. The quantitative estimate of drug-likeness (QED) is 0.818. The minimum Gasteiger partial charge on any atom is -0.277 e. The minimum absolute atomic E-state index is 0.0982. The van der Waals surface area contributed by atoms with Gasteiger partial charge in [0, 0.05) is 11.5 Å². The average Bonchev–Trinajstić information content (AvgIpc) is 2.69. The molecule has 0 aliphatic rings. The van der Waals surface area contributed by atoms with E-state index in [2.05, 4.69) is 46.9 Å². The summed E-state index contributed by atoms with van der Waals surface area (Å²) >= 11 is 6.26. The van der Waals surface area contributed by atoms with E-state index in [1.807, 2.05) is 6.07 Å². The molecule has 1 N–H and O–H groups in total. The summed E-state index contributed by atoms with van der Waals surface area (Å²) in [6, 6.07) is 6.59. The first-order chi connectivity index (χ1) is 9.35. The van der Waals surface area contributed by atoms with Crippen molar-refractivity contribution in [3.63, 3.8) is 0 Å². The van der Waals surface area contributed by atoms with E-state index in [9.17, 15) is 8.42 Å². The predicted octanol–water partition coefficient (Wildman–Crippen LogP) is 2.01. The van der Waals surface area contributed by atoms with Crippen LogP contribution in [0.5, 0.6) is 0 Å². The Hall–Kier alpha value is -1.44. The second kappa shape index (κ2) is 5.51. The number of hydrogen-bond acceptors (Lipinski definition) is 5. The van der Waals surface area contributed by atoms with Gasteiger partial charge in [0.1, 0.15) is 6.07 Å². The monoisotopic (exact) mass is 419 g/mol. The maximum atomic E-state index is 12.3. The van der Waals surface area contributed by atoms with Crippen LogP contribution in [0.3, 0.4) is 0 Å². The highest BCUT2D eigenvalue weighted by atomic mass is 79.9. The van der Waals surface area contributed by atoms with E-state index in [4.69, 9.17) is 5.26 Å². The molecule has 7 nitrogen and oxygen atoms in total. The Balaban J connectivity index is 2.50. The highest BCUT2D eigenvalue weighted by molar-refractivity contribution is 9.10. The Morgan fingerprint density at radius 2 is 2.10 bits per heavy atom. The molecule has 2 rings (SSSR count). The van der Waals surface area contributed by atoms with Crippen molar-refractivity contribution in [2.24, 2.45) is 7.05 Å². The number of hydrogen-bond donors (Lipinski definition) is 1. The van der Waals surface area contributed by atoms with E-state index < -0.39 is 10.0 Å². The Morgan fingerprint density at radius 1 is 1.40 bits per heavy atom. The van der Waals surface area contributed by atoms with Crippen LogP contribution in [0.2, 0.25) is 0 Å². The molecule has 0 saturated carbocycles. The topological polar surface area (TPSA) is 101 Å². The molecule has 20 heavy (non-hydrogen) atoms. The molecule has 0 amide bonds. The summed E-state index contributed by atoms with van der Waals surface area (Å²) in [6.07, 6.45) is 0. The van der Waals surface area contributed by atoms with Crippen molar-refractivity contribution in [3.8, 4) is 6.07 Å². The van der Waals surface area contributed by atoms with Crippen molar-refractivity contribution >= 4 is 47.6 Å². The molecule has 0 bridgehead atoms. The maximum Gasteiger partial charge on any atom is 0.281 e. The third-order valence-electron chi connectivity index (χ3n) is 2.34. The Bertz CT molecular complexity index is 790. The van der Waals surface area contributed by atoms with Crippen molar-refractivity contribution in [1.82, 2.24) is 15.0 Å². The third-order valence-corrected chi connectivity index (χ3v) is 5.08. The van der Waals surface area contributed by atoms with E-state index in [-0.39, 0.29) is 20.9 Å². The van der Waals surface area contributed by atoms with Gasteiger partial charge in [-0.1, -0.05) is 21.1 Å². The fourth-order valence-electron chi connectivity index (χ4n) is 1.50. The zero-order valence-corrected chi connectivity index (χ0v) is 14.0. The van der Waals surface area contributed by atoms with Gasteiger partial charge in [-0.2, -0.15) is 13.7 Å². The van der Waals surface area contributed by atoms with Gasteiger partial charge < -0.3 is 0 Å². The SMILES string of the molecule is Cn1nnc(Br)c1S(=O)(=O)Nc1cc(Br)ccc1C#N. The Labute approximate surface area is 131 Å². The minimum atomic E-state index is -3.91. The summed E-state index contributed by atoms with van der Waals surface area (Å²) in [7, 11) is -2.45. The van der Waals surface area contributed by atoms with Crippen LogP contribution in [0.4, 0.5) is 5.69 Å². The van der Waals surface area contributed by atoms with Crippen molar-refractivity contribution in [2.45, 2.75) is 5.03 Å². The molecule has 0 saturated heterocycles. The van der Waals surface area contributed by atoms with Gasteiger partial charge in [0.05, 0.1) is 11.3 Å². The number of benzene rings is 1. The number of anilines is 1. The summed E-state index contributed by atoms with van der Waals surface area (Å²) in [4.78, 5) is 0. The van der Waals surface area contributed by atoms with Gasteiger partial charge in [-0.25, -0.2) is 4.68 Å². The number of nitrogens with one attached hydrogen (secondary N) is 1. The third kappa shape index (κ3) is 2.84. The molecule has 2 aromatic rings. The first-order valence-corrected chi connectivity index (χ1v) is 8.19. The molecule has 0 spiro atoms. The van der Waals surface area contributed by atoms with Crippen LogP contribution >= 0.6 is 31.9 Å². The molecular weight excluding hydrogens is 414 g/mol. The molecule has 0 radical (unpaired) electrons. The number of aromatic nitrogens is 3. The number of nitrogens with zero attached hydrogens (tertiary/aromatic N) is 4. The molecule has 0 unspecified atom stereocenters. The first-order valence-electron chi connectivity index (χ1n) is 5.13. The lowest BCUT2D eigenvalue weighted by Crippen LogP contribution is -2.17. The second-order valence-corrected chi connectivity index (χ2v) is 6.98. The summed E-state index contributed by atoms with van der Waals surface area (Å²) in [5.41, 5.74) is 0.387. The van der Waals surface area contributed by atoms with Crippen LogP contribution in [0, 0.1) is 11.3 Å². The molecule has 0 aliphatic carbocycles. The summed E-state index contributed by atoms with van der Waals surface area (Å²) in [5, 5.41) is 16.1. The van der Waals surface area contributed by atoms with Crippen LogP contribution in [-0.4, -0.2) is 23.4 Å². The fraction of sp³-hybridized carbons (Fsp3) is 0.100. The van der Waals surface area contributed by atoms with Gasteiger partial charge >= 0.3 is 0 Å². The van der Waals surface area contributed by atoms with Crippen molar-refractivity contribution in [3.05, 3.63) is 32.8 Å². The summed E-state index contributed by atoms with van der Waals surface area (Å²) in [5.74, 6) is 0. The molecule has 10 heteroatoms. The molecule has 104 valence electrons. The lowest BCUT2D eigenvalue weighted by atomic mass is 10.2. The van der Waals surface area contributed by atoms with E-state index in [0.29, 0.717) is 4.47 Å². The largest absolute Gasteiger partial charge is 0.281 e. The van der Waals surface area contributed by atoms with E-state index in [1.165, 1.54) is 19.2 Å². The van der Waals surface area contributed by atoms with Crippen LogP contribution in [0.1, 0.15) is 5.56 Å². The standard InChI is InChI=1S/C10H7Br2N5O2S/c1-17-10(9(12)14-16-17)20(18,19)15-8-4-7(11)3-2-6(8)5-13/h2-4,15H,1H3.